The summed E-state index contributed by atoms with van der Waals surface area (Å²) >= 11 is 0. The van der Waals surface area contributed by atoms with Crippen LogP contribution in [0.4, 0.5) is 4.79 Å². The number of carbonyl (C=O) groups is 1. The molecule has 0 aliphatic carbocycles. The minimum Gasteiger partial charge on any atom is -0.469 e. The first-order chi connectivity index (χ1) is 8.96. The summed E-state index contributed by atoms with van der Waals surface area (Å²) in [4.78, 5) is 11.7. The van der Waals surface area contributed by atoms with Gasteiger partial charge < -0.3 is 20.2 Å². The average Bonchev–Trinajstić information content (AvgIpc) is 2.85. The molecule has 0 spiro atoms. The van der Waals surface area contributed by atoms with Gasteiger partial charge in [-0.05, 0) is 31.9 Å². The number of hydrogen-bond acceptors (Lipinski definition) is 3. The first kappa shape index (κ1) is 15.6. The van der Waals surface area contributed by atoms with Gasteiger partial charge in [0.25, 0.3) is 0 Å². The number of hydrogen-bond donors (Lipinski definition) is 3. The zero-order valence-corrected chi connectivity index (χ0v) is 11.9. The summed E-state index contributed by atoms with van der Waals surface area (Å²) < 4.78 is 5.19. The lowest BCUT2D eigenvalue weighted by molar-refractivity contribution is 0.0570. The first-order valence-electron chi connectivity index (χ1n) is 6.76. The summed E-state index contributed by atoms with van der Waals surface area (Å²) in [6.45, 7) is 5.91. The van der Waals surface area contributed by atoms with Gasteiger partial charge in [-0.25, -0.2) is 4.79 Å². The van der Waals surface area contributed by atoms with E-state index in [1.165, 1.54) is 0 Å². The molecule has 0 aromatic carbocycles. The molecule has 19 heavy (non-hydrogen) atoms. The maximum absolute atomic E-state index is 11.7. The van der Waals surface area contributed by atoms with Crippen LogP contribution in [0.25, 0.3) is 0 Å². The predicted octanol–water partition coefficient (Wildman–Crippen LogP) is 2.06. The number of aliphatic hydroxyl groups is 1. The van der Waals surface area contributed by atoms with Crippen molar-refractivity contribution < 1.29 is 14.3 Å². The topological polar surface area (TPSA) is 74.5 Å². The van der Waals surface area contributed by atoms with Crippen LogP contribution in [0.5, 0.6) is 0 Å². The maximum atomic E-state index is 11.7. The highest BCUT2D eigenvalue weighted by Crippen LogP contribution is 2.12. The molecule has 2 amide bonds. The molecule has 1 heterocycles. The number of rotatable bonds is 7. The van der Waals surface area contributed by atoms with Gasteiger partial charge in [-0.3, -0.25) is 0 Å². The maximum Gasteiger partial charge on any atom is 0.315 e. The Labute approximate surface area is 114 Å². The fourth-order valence-corrected chi connectivity index (χ4v) is 1.85. The smallest absolute Gasteiger partial charge is 0.315 e. The monoisotopic (exact) mass is 268 g/mol. The Hall–Kier alpha value is -1.49. The van der Waals surface area contributed by atoms with E-state index in [-0.39, 0.29) is 18.6 Å². The second-order valence-corrected chi connectivity index (χ2v) is 5.09. The predicted molar refractivity (Wildman–Crippen MR) is 73.9 cm³/mol. The third-order valence-electron chi connectivity index (χ3n) is 3.09. The van der Waals surface area contributed by atoms with Gasteiger partial charge in [0.15, 0.2) is 0 Å². The molecule has 0 saturated heterocycles. The Kier molecular flexibility index (Phi) is 5.89. The van der Waals surface area contributed by atoms with Crippen molar-refractivity contribution in [3.63, 3.8) is 0 Å². The van der Waals surface area contributed by atoms with Crippen molar-refractivity contribution in [2.45, 2.75) is 51.7 Å². The zero-order chi connectivity index (χ0) is 14.3. The van der Waals surface area contributed by atoms with Crippen molar-refractivity contribution in [2.75, 3.05) is 6.54 Å². The molecule has 1 aromatic heterocycles. The fourth-order valence-electron chi connectivity index (χ4n) is 1.85. The van der Waals surface area contributed by atoms with E-state index in [0.29, 0.717) is 12.2 Å². The Bertz CT molecular complexity index is 370. The van der Waals surface area contributed by atoms with Crippen LogP contribution < -0.4 is 10.6 Å². The van der Waals surface area contributed by atoms with Crippen LogP contribution in [0.1, 0.15) is 39.4 Å². The van der Waals surface area contributed by atoms with E-state index in [1.54, 1.807) is 25.3 Å². The molecule has 1 rings (SSSR count). The van der Waals surface area contributed by atoms with Crippen LogP contribution in [0.15, 0.2) is 22.8 Å². The van der Waals surface area contributed by atoms with Crippen LogP contribution >= 0.6 is 0 Å². The minimum absolute atomic E-state index is 0.176. The molecule has 5 heteroatoms. The zero-order valence-electron chi connectivity index (χ0n) is 11.9. The second-order valence-electron chi connectivity index (χ2n) is 5.09. The molecule has 1 unspecified atom stereocenters. The summed E-state index contributed by atoms with van der Waals surface area (Å²) in [6, 6.07) is 3.51. The lowest BCUT2D eigenvalue weighted by Crippen LogP contribution is -2.48. The normalized spacial score (nSPS) is 14.2. The molecule has 0 aliphatic heterocycles. The molecular weight excluding hydrogens is 244 g/mol. The summed E-state index contributed by atoms with van der Waals surface area (Å²) in [7, 11) is 0. The van der Waals surface area contributed by atoms with Crippen LogP contribution in [0, 0.1) is 0 Å². The molecule has 0 saturated carbocycles. The molecule has 108 valence electrons. The third kappa shape index (κ3) is 5.79. The summed E-state index contributed by atoms with van der Waals surface area (Å²) in [5.41, 5.74) is -1.02. The van der Waals surface area contributed by atoms with Crippen LogP contribution in [0.3, 0.4) is 0 Å². The van der Waals surface area contributed by atoms with E-state index >= 15 is 0 Å². The number of nitrogens with one attached hydrogen (secondary N) is 2. The van der Waals surface area contributed by atoms with Gasteiger partial charge in [-0.15, -0.1) is 0 Å². The van der Waals surface area contributed by atoms with Gasteiger partial charge in [0, 0.05) is 19.0 Å². The van der Waals surface area contributed by atoms with Crippen molar-refractivity contribution in [3.8, 4) is 0 Å². The second kappa shape index (κ2) is 7.19. The van der Waals surface area contributed by atoms with Gasteiger partial charge in [0.2, 0.25) is 0 Å². The Morgan fingerprint density at radius 3 is 2.68 bits per heavy atom. The molecule has 0 aliphatic rings. The largest absolute Gasteiger partial charge is 0.469 e. The van der Waals surface area contributed by atoms with Crippen LogP contribution in [-0.4, -0.2) is 29.3 Å². The molecule has 0 fully saturated rings. The Morgan fingerprint density at radius 2 is 2.16 bits per heavy atom. The first-order valence-corrected chi connectivity index (χ1v) is 6.76. The molecule has 0 bridgehead atoms. The number of furan rings is 1. The van der Waals surface area contributed by atoms with Crippen molar-refractivity contribution in [2.24, 2.45) is 0 Å². The van der Waals surface area contributed by atoms with Gasteiger partial charge in [-0.1, -0.05) is 13.8 Å². The third-order valence-corrected chi connectivity index (χ3v) is 3.09. The van der Waals surface area contributed by atoms with Gasteiger partial charge in [0.1, 0.15) is 5.76 Å². The quantitative estimate of drug-likeness (QED) is 0.708. The van der Waals surface area contributed by atoms with Crippen molar-refractivity contribution >= 4 is 6.03 Å². The molecule has 5 nitrogen and oxygen atoms in total. The SMILES string of the molecule is CCC(CC)NC(=O)NCC(C)(O)Cc1ccco1. The molecule has 0 radical (unpaired) electrons. The van der Waals surface area contributed by atoms with E-state index in [9.17, 15) is 9.90 Å². The van der Waals surface area contributed by atoms with Gasteiger partial charge >= 0.3 is 6.03 Å². The summed E-state index contributed by atoms with van der Waals surface area (Å²) in [5.74, 6) is 0.701. The van der Waals surface area contributed by atoms with Crippen molar-refractivity contribution in [1.82, 2.24) is 10.6 Å². The average molecular weight is 268 g/mol. The van der Waals surface area contributed by atoms with Crippen LogP contribution in [0.2, 0.25) is 0 Å². The Morgan fingerprint density at radius 1 is 1.47 bits per heavy atom. The molecule has 1 atom stereocenters. The minimum atomic E-state index is -1.02. The lowest BCUT2D eigenvalue weighted by atomic mass is 10.0. The van der Waals surface area contributed by atoms with E-state index < -0.39 is 5.60 Å². The number of urea groups is 1. The fraction of sp³-hybridized carbons (Fsp3) is 0.643. The van der Waals surface area contributed by atoms with E-state index in [2.05, 4.69) is 10.6 Å². The summed E-state index contributed by atoms with van der Waals surface area (Å²) in [6.07, 6.45) is 3.73. The highest BCUT2D eigenvalue weighted by Gasteiger charge is 2.23. The van der Waals surface area contributed by atoms with Gasteiger partial charge in [-0.2, -0.15) is 0 Å². The highest BCUT2D eigenvalue weighted by molar-refractivity contribution is 5.74. The Balaban J connectivity index is 2.35. The van der Waals surface area contributed by atoms with Crippen LogP contribution in [-0.2, 0) is 6.42 Å². The van der Waals surface area contributed by atoms with Crippen molar-refractivity contribution in [3.05, 3.63) is 24.2 Å². The molecule has 3 N–H and O–H groups in total. The number of carbonyl (C=O) groups excluding carboxylic acids is 1. The molecular formula is C14H24N2O3. The number of amides is 2. The summed E-state index contributed by atoms with van der Waals surface area (Å²) in [5, 5.41) is 15.7. The highest BCUT2D eigenvalue weighted by atomic mass is 16.3. The van der Waals surface area contributed by atoms with E-state index in [1.807, 2.05) is 13.8 Å². The lowest BCUT2D eigenvalue weighted by Gasteiger charge is -2.23. The standard InChI is InChI=1S/C14H24N2O3/c1-4-11(5-2)16-13(17)15-10-14(3,18)9-12-7-6-8-19-12/h6-8,11,18H,4-5,9-10H2,1-3H3,(H2,15,16,17). The van der Waals surface area contributed by atoms with E-state index in [0.717, 1.165) is 12.8 Å². The molecule has 1 aromatic rings. The van der Waals surface area contributed by atoms with Crippen molar-refractivity contribution in [1.29, 1.82) is 0 Å². The van der Waals surface area contributed by atoms with E-state index in [4.69, 9.17) is 4.42 Å². The van der Waals surface area contributed by atoms with Gasteiger partial charge in [0.05, 0.1) is 11.9 Å².